The van der Waals surface area contributed by atoms with Crippen LogP contribution in [0.4, 0.5) is 5.82 Å². The van der Waals surface area contributed by atoms with Gasteiger partial charge in [0, 0.05) is 38.6 Å². The molecule has 146 valence electrons. The second-order valence-electron chi connectivity index (χ2n) is 6.93. The number of rotatable bonds is 4. The summed E-state index contributed by atoms with van der Waals surface area (Å²) in [4.78, 5) is 6.42. The molecule has 4 rings (SSSR count). The van der Waals surface area contributed by atoms with Crippen LogP contribution in [0.1, 0.15) is 11.1 Å². The summed E-state index contributed by atoms with van der Waals surface area (Å²) < 4.78 is 29.3. The Kier molecular flexibility index (Phi) is 4.86. The topological polar surface area (TPSA) is 84.2 Å². The van der Waals surface area contributed by atoms with Gasteiger partial charge in [0.25, 0.3) is 0 Å². The summed E-state index contributed by atoms with van der Waals surface area (Å²) in [5.74, 6) is 1.43. The van der Waals surface area contributed by atoms with Gasteiger partial charge in [-0.25, -0.2) is 13.4 Å². The van der Waals surface area contributed by atoms with Crippen molar-refractivity contribution in [1.29, 1.82) is 0 Å². The summed E-state index contributed by atoms with van der Waals surface area (Å²) in [7, 11) is -3.49. The number of aryl methyl sites for hydroxylation is 2. The minimum Gasteiger partial charge on any atom is -0.352 e. The van der Waals surface area contributed by atoms with E-state index in [2.05, 4.69) is 20.1 Å². The van der Waals surface area contributed by atoms with Gasteiger partial charge in [0.1, 0.15) is 6.33 Å². The summed E-state index contributed by atoms with van der Waals surface area (Å²) in [6.07, 6.45) is 5.16. The van der Waals surface area contributed by atoms with Gasteiger partial charge in [-0.1, -0.05) is 6.07 Å². The molecular formula is C19H22N6O2S. The Morgan fingerprint density at radius 3 is 2.11 bits per heavy atom. The van der Waals surface area contributed by atoms with Crippen molar-refractivity contribution in [2.24, 2.45) is 0 Å². The molecule has 2 aromatic heterocycles. The van der Waals surface area contributed by atoms with Crippen LogP contribution < -0.4 is 4.90 Å². The van der Waals surface area contributed by atoms with Crippen molar-refractivity contribution in [3.8, 4) is 5.82 Å². The van der Waals surface area contributed by atoms with Gasteiger partial charge in [-0.3, -0.25) is 4.57 Å². The van der Waals surface area contributed by atoms with Crippen molar-refractivity contribution in [2.45, 2.75) is 18.7 Å². The van der Waals surface area contributed by atoms with Crippen molar-refractivity contribution in [1.82, 2.24) is 24.1 Å². The molecule has 9 heteroatoms. The minimum atomic E-state index is -3.49. The molecule has 0 aliphatic carbocycles. The minimum absolute atomic E-state index is 0.364. The molecule has 1 aromatic carbocycles. The van der Waals surface area contributed by atoms with E-state index in [1.54, 1.807) is 39.7 Å². The summed E-state index contributed by atoms with van der Waals surface area (Å²) in [6, 6.07) is 9.21. The fourth-order valence-electron chi connectivity index (χ4n) is 3.41. The van der Waals surface area contributed by atoms with Crippen LogP contribution in [0.2, 0.25) is 0 Å². The molecule has 1 fully saturated rings. The first-order valence-corrected chi connectivity index (χ1v) is 10.5. The van der Waals surface area contributed by atoms with Gasteiger partial charge >= 0.3 is 0 Å². The van der Waals surface area contributed by atoms with Crippen molar-refractivity contribution in [3.63, 3.8) is 0 Å². The van der Waals surface area contributed by atoms with Gasteiger partial charge in [0.2, 0.25) is 10.0 Å². The lowest BCUT2D eigenvalue weighted by molar-refractivity contribution is 0.383. The summed E-state index contributed by atoms with van der Waals surface area (Å²) in [6.45, 7) is 5.80. The molecule has 0 amide bonds. The normalized spacial score (nSPS) is 15.7. The van der Waals surface area contributed by atoms with Crippen LogP contribution in [0.5, 0.6) is 0 Å². The standard InChI is InChI=1S/C19H22N6O2S/c1-15-11-16(2)13-17(12-15)28(26,27)25-9-7-23(8-10-25)18-3-4-19(22-21-18)24-6-5-20-14-24/h3-6,11-14H,7-10H2,1-2H3. The van der Waals surface area contributed by atoms with Crippen LogP contribution in [0.3, 0.4) is 0 Å². The van der Waals surface area contributed by atoms with Gasteiger partial charge in [-0.15, -0.1) is 10.2 Å². The fraction of sp³-hybridized carbons (Fsp3) is 0.316. The molecule has 0 N–H and O–H groups in total. The Labute approximate surface area is 164 Å². The maximum atomic E-state index is 13.0. The first kappa shape index (κ1) is 18.6. The van der Waals surface area contributed by atoms with E-state index in [1.807, 2.05) is 32.0 Å². The SMILES string of the molecule is Cc1cc(C)cc(S(=O)(=O)N2CCN(c3ccc(-n4ccnc4)nn3)CC2)c1. The summed E-state index contributed by atoms with van der Waals surface area (Å²) in [5.41, 5.74) is 1.90. The first-order valence-electron chi connectivity index (χ1n) is 9.09. The average molecular weight is 398 g/mol. The zero-order valence-corrected chi connectivity index (χ0v) is 16.7. The Morgan fingerprint density at radius 2 is 1.54 bits per heavy atom. The average Bonchev–Trinajstić information content (AvgIpc) is 3.22. The van der Waals surface area contributed by atoms with Crippen molar-refractivity contribution >= 4 is 15.8 Å². The monoisotopic (exact) mass is 398 g/mol. The van der Waals surface area contributed by atoms with Crippen LogP contribution in [-0.4, -0.2) is 58.7 Å². The van der Waals surface area contributed by atoms with Crippen LogP contribution in [0.15, 0.2) is 53.9 Å². The summed E-state index contributed by atoms with van der Waals surface area (Å²) >= 11 is 0. The Hall–Kier alpha value is -2.78. The number of aromatic nitrogens is 4. The number of nitrogens with zero attached hydrogens (tertiary/aromatic N) is 6. The maximum Gasteiger partial charge on any atom is 0.243 e. The van der Waals surface area contributed by atoms with E-state index in [4.69, 9.17) is 0 Å². The fourth-order valence-corrected chi connectivity index (χ4v) is 5.02. The number of anilines is 1. The molecule has 3 aromatic rings. The maximum absolute atomic E-state index is 13.0. The molecule has 3 heterocycles. The first-order chi connectivity index (χ1) is 13.4. The predicted molar refractivity (Wildman–Crippen MR) is 106 cm³/mol. The van der Waals surface area contributed by atoms with Gasteiger partial charge in [0.05, 0.1) is 4.90 Å². The smallest absolute Gasteiger partial charge is 0.243 e. The van der Waals surface area contributed by atoms with Crippen molar-refractivity contribution in [2.75, 3.05) is 31.1 Å². The van der Waals surface area contributed by atoms with Crippen molar-refractivity contribution < 1.29 is 8.42 Å². The molecule has 0 unspecified atom stereocenters. The molecule has 0 spiro atoms. The molecule has 1 aliphatic rings. The molecule has 28 heavy (non-hydrogen) atoms. The van der Waals surface area contributed by atoms with Crippen LogP contribution in [0, 0.1) is 13.8 Å². The van der Waals surface area contributed by atoms with E-state index < -0.39 is 10.0 Å². The number of piperazine rings is 1. The molecule has 0 bridgehead atoms. The molecule has 8 nitrogen and oxygen atoms in total. The quantitative estimate of drug-likeness (QED) is 0.666. The number of hydrogen-bond acceptors (Lipinski definition) is 6. The van der Waals surface area contributed by atoms with Gasteiger partial charge in [0.15, 0.2) is 11.6 Å². The third-order valence-electron chi connectivity index (χ3n) is 4.80. The van der Waals surface area contributed by atoms with E-state index >= 15 is 0 Å². The Morgan fingerprint density at radius 1 is 0.893 bits per heavy atom. The van der Waals surface area contributed by atoms with Gasteiger partial charge in [-0.05, 0) is 49.2 Å². The highest BCUT2D eigenvalue weighted by Crippen LogP contribution is 2.22. The Bertz CT molecular complexity index is 1040. The molecule has 0 saturated carbocycles. The number of hydrogen-bond donors (Lipinski definition) is 0. The van der Waals surface area contributed by atoms with Gasteiger partial charge in [-0.2, -0.15) is 4.31 Å². The Balaban J connectivity index is 1.45. The largest absolute Gasteiger partial charge is 0.352 e. The summed E-state index contributed by atoms with van der Waals surface area (Å²) in [5, 5.41) is 8.52. The second-order valence-corrected chi connectivity index (χ2v) is 8.87. The van der Waals surface area contributed by atoms with Crippen molar-refractivity contribution in [3.05, 3.63) is 60.2 Å². The molecule has 0 atom stereocenters. The van der Waals surface area contributed by atoms with E-state index in [9.17, 15) is 8.42 Å². The third-order valence-corrected chi connectivity index (χ3v) is 6.68. The van der Waals surface area contributed by atoms with Crippen LogP contribution in [-0.2, 0) is 10.0 Å². The predicted octanol–water partition coefficient (Wildman–Crippen LogP) is 1.79. The molecule has 1 aliphatic heterocycles. The lowest BCUT2D eigenvalue weighted by Gasteiger charge is -2.34. The van der Waals surface area contributed by atoms with Crippen LogP contribution in [0.25, 0.3) is 5.82 Å². The highest BCUT2D eigenvalue weighted by atomic mass is 32.2. The van der Waals surface area contributed by atoms with E-state index in [0.29, 0.717) is 36.9 Å². The second kappa shape index (κ2) is 7.33. The number of imidazole rings is 1. The molecule has 1 saturated heterocycles. The third kappa shape index (κ3) is 3.63. The molecule has 0 radical (unpaired) electrons. The zero-order valence-electron chi connectivity index (χ0n) is 15.9. The van der Waals surface area contributed by atoms with E-state index in [1.165, 1.54) is 0 Å². The highest BCUT2D eigenvalue weighted by Gasteiger charge is 2.29. The zero-order chi connectivity index (χ0) is 19.7. The lowest BCUT2D eigenvalue weighted by Crippen LogP contribution is -2.49. The lowest BCUT2D eigenvalue weighted by atomic mass is 10.2. The van der Waals surface area contributed by atoms with E-state index in [0.717, 1.165) is 16.9 Å². The van der Waals surface area contributed by atoms with Crippen LogP contribution >= 0.6 is 0 Å². The number of benzene rings is 1. The highest BCUT2D eigenvalue weighted by molar-refractivity contribution is 7.89. The number of sulfonamides is 1. The molecular weight excluding hydrogens is 376 g/mol. The van der Waals surface area contributed by atoms with E-state index in [-0.39, 0.29) is 0 Å². The van der Waals surface area contributed by atoms with Gasteiger partial charge < -0.3 is 4.90 Å².